The number of thiophene rings is 1. The highest BCUT2D eigenvalue weighted by Gasteiger charge is 2.29. The number of nitrogens with two attached hydrogens (primary N) is 1. The summed E-state index contributed by atoms with van der Waals surface area (Å²) in [6.45, 7) is 0.943. The normalized spacial score (nSPS) is 17.0. The molecule has 1 saturated heterocycles. The van der Waals surface area contributed by atoms with E-state index in [0.29, 0.717) is 10.6 Å². The van der Waals surface area contributed by atoms with E-state index in [9.17, 15) is 4.79 Å². The number of hydrogen-bond acceptors (Lipinski definition) is 7. The van der Waals surface area contributed by atoms with E-state index in [0.717, 1.165) is 41.1 Å². The van der Waals surface area contributed by atoms with Gasteiger partial charge in [-0.25, -0.2) is 15.0 Å². The molecule has 0 radical (unpaired) electrons. The highest BCUT2D eigenvalue weighted by Crippen LogP contribution is 2.38. The molecule has 0 bridgehead atoms. The van der Waals surface area contributed by atoms with Gasteiger partial charge in [0.1, 0.15) is 21.9 Å². The van der Waals surface area contributed by atoms with Crippen molar-refractivity contribution in [3.05, 3.63) is 41.3 Å². The van der Waals surface area contributed by atoms with Crippen LogP contribution in [0.3, 0.4) is 0 Å². The summed E-state index contributed by atoms with van der Waals surface area (Å²) in [5.41, 5.74) is 7.70. The van der Waals surface area contributed by atoms with E-state index >= 15 is 0 Å². The molecule has 1 atom stereocenters. The molecule has 3 aromatic heterocycles. The molecule has 8 heteroatoms. The van der Waals surface area contributed by atoms with Gasteiger partial charge in [-0.05, 0) is 31.0 Å². The number of nitrogens with zero attached hydrogens (tertiary/aromatic N) is 5. The number of pyridine rings is 1. The zero-order chi connectivity index (χ0) is 18.3. The van der Waals surface area contributed by atoms with Gasteiger partial charge in [0, 0.05) is 32.2 Å². The maximum Gasteiger partial charge on any atom is 0.265 e. The summed E-state index contributed by atoms with van der Waals surface area (Å²) < 4.78 is 0. The molecule has 1 aliphatic heterocycles. The Bertz CT molecular complexity index is 955. The van der Waals surface area contributed by atoms with Crippen LogP contribution in [-0.2, 0) is 0 Å². The number of rotatable bonds is 3. The van der Waals surface area contributed by atoms with Crippen molar-refractivity contribution in [1.82, 2.24) is 19.9 Å². The molecule has 0 unspecified atom stereocenters. The third-order valence-electron chi connectivity index (χ3n) is 4.67. The Hall–Kier alpha value is -2.74. The van der Waals surface area contributed by atoms with E-state index in [2.05, 4.69) is 14.9 Å². The van der Waals surface area contributed by atoms with Gasteiger partial charge in [-0.3, -0.25) is 4.79 Å². The SMILES string of the molecule is CN(C)C(=O)c1sc2nc([C@H]3CCCN3c3ccncn3)ccc2c1N. The number of anilines is 2. The van der Waals surface area contributed by atoms with Gasteiger partial charge in [0.25, 0.3) is 5.91 Å². The first kappa shape index (κ1) is 16.7. The van der Waals surface area contributed by atoms with Crippen LogP contribution in [0.4, 0.5) is 11.5 Å². The summed E-state index contributed by atoms with van der Waals surface area (Å²) in [6.07, 6.45) is 5.44. The fraction of sp³-hybridized carbons (Fsp3) is 0.333. The average molecular weight is 368 g/mol. The quantitative estimate of drug-likeness (QED) is 0.765. The molecule has 7 nitrogen and oxygen atoms in total. The summed E-state index contributed by atoms with van der Waals surface area (Å²) in [4.78, 5) is 30.7. The molecule has 1 aliphatic rings. The second-order valence-electron chi connectivity index (χ2n) is 6.55. The van der Waals surface area contributed by atoms with Crippen LogP contribution in [0.2, 0.25) is 0 Å². The van der Waals surface area contributed by atoms with Crippen molar-refractivity contribution in [1.29, 1.82) is 0 Å². The van der Waals surface area contributed by atoms with Crippen LogP contribution in [-0.4, -0.2) is 46.4 Å². The standard InChI is InChI=1S/C18H20N6OS/c1-23(2)18(25)16-15(19)11-5-6-12(22-17(11)26-16)13-4-3-9-24(13)14-7-8-20-10-21-14/h5-8,10,13H,3-4,9,19H2,1-2H3/t13-/m1/s1. The molecular weight excluding hydrogens is 348 g/mol. The Morgan fingerprint density at radius 3 is 2.92 bits per heavy atom. The molecule has 2 N–H and O–H groups in total. The van der Waals surface area contributed by atoms with E-state index in [4.69, 9.17) is 10.7 Å². The first-order chi connectivity index (χ1) is 12.6. The number of amides is 1. The molecule has 0 saturated carbocycles. The summed E-state index contributed by atoms with van der Waals surface area (Å²) >= 11 is 1.36. The fourth-order valence-corrected chi connectivity index (χ4v) is 4.48. The summed E-state index contributed by atoms with van der Waals surface area (Å²) in [6, 6.07) is 6.09. The van der Waals surface area contributed by atoms with Crippen LogP contribution in [0.5, 0.6) is 0 Å². The molecule has 1 fully saturated rings. The van der Waals surface area contributed by atoms with Crippen molar-refractivity contribution in [2.24, 2.45) is 0 Å². The fourth-order valence-electron chi connectivity index (χ4n) is 3.36. The van der Waals surface area contributed by atoms with Crippen molar-refractivity contribution < 1.29 is 4.79 Å². The van der Waals surface area contributed by atoms with Crippen molar-refractivity contribution in [3.8, 4) is 0 Å². The van der Waals surface area contributed by atoms with Crippen LogP contribution >= 0.6 is 11.3 Å². The van der Waals surface area contributed by atoms with Gasteiger partial charge in [0.2, 0.25) is 0 Å². The summed E-state index contributed by atoms with van der Waals surface area (Å²) in [7, 11) is 3.45. The predicted octanol–water partition coefficient (Wildman–Crippen LogP) is 2.71. The van der Waals surface area contributed by atoms with Crippen molar-refractivity contribution in [2.45, 2.75) is 18.9 Å². The highest BCUT2D eigenvalue weighted by molar-refractivity contribution is 7.21. The smallest absolute Gasteiger partial charge is 0.265 e. The second-order valence-corrected chi connectivity index (χ2v) is 7.55. The number of carbonyl (C=O) groups excluding carboxylic acids is 1. The van der Waals surface area contributed by atoms with Crippen LogP contribution in [0.25, 0.3) is 10.2 Å². The topological polar surface area (TPSA) is 88.2 Å². The van der Waals surface area contributed by atoms with Gasteiger partial charge in [0.05, 0.1) is 17.4 Å². The molecule has 26 heavy (non-hydrogen) atoms. The Labute approximate surface area is 155 Å². The zero-order valence-electron chi connectivity index (χ0n) is 14.7. The minimum absolute atomic E-state index is 0.0875. The predicted molar refractivity (Wildman–Crippen MR) is 103 cm³/mol. The third-order valence-corrected chi connectivity index (χ3v) is 5.77. The summed E-state index contributed by atoms with van der Waals surface area (Å²) in [5, 5.41) is 0.843. The van der Waals surface area contributed by atoms with E-state index in [1.54, 1.807) is 26.6 Å². The Morgan fingerprint density at radius 1 is 1.35 bits per heavy atom. The van der Waals surface area contributed by atoms with E-state index < -0.39 is 0 Å². The van der Waals surface area contributed by atoms with Crippen LogP contribution < -0.4 is 10.6 Å². The van der Waals surface area contributed by atoms with Gasteiger partial charge in [-0.1, -0.05) is 0 Å². The second kappa shape index (κ2) is 6.53. The first-order valence-electron chi connectivity index (χ1n) is 8.49. The molecular formula is C18H20N6OS. The number of hydrogen-bond donors (Lipinski definition) is 1. The lowest BCUT2D eigenvalue weighted by Gasteiger charge is -2.25. The molecule has 0 aromatic carbocycles. The lowest BCUT2D eigenvalue weighted by atomic mass is 10.1. The number of nitrogen functional groups attached to an aromatic ring is 1. The van der Waals surface area contributed by atoms with E-state index in [1.807, 2.05) is 18.2 Å². The van der Waals surface area contributed by atoms with Crippen LogP contribution in [0.1, 0.15) is 34.2 Å². The van der Waals surface area contributed by atoms with Gasteiger partial charge >= 0.3 is 0 Å². The lowest BCUT2D eigenvalue weighted by molar-refractivity contribution is 0.0833. The highest BCUT2D eigenvalue weighted by atomic mass is 32.1. The Morgan fingerprint density at radius 2 is 2.19 bits per heavy atom. The molecule has 3 aromatic rings. The van der Waals surface area contributed by atoms with Gasteiger partial charge in [-0.15, -0.1) is 11.3 Å². The lowest BCUT2D eigenvalue weighted by Crippen LogP contribution is -2.24. The van der Waals surface area contributed by atoms with Gasteiger partial charge in [0.15, 0.2) is 0 Å². The Balaban J connectivity index is 1.72. The van der Waals surface area contributed by atoms with E-state index in [-0.39, 0.29) is 11.9 Å². The number of carbonyl (C=O) groups is 1. The third kappa shape index (κ3) is 2.76. The Kier molecular flexibility index (Phi) is 4.20. The molecule has 4 rings (SSSR count). The number of aromatic nitrogens is 3. The monoisotopic (exact) mass is 368 g/mol. The minimum atomic E-state index is -0.0875. The van der Waals surface area contributed by atoms with Gasteiger partial charge in [-0.2, -0.15) is 0 Å². The molecule has 134 valence electrons. The largest absolute Gasteiger partial charge is 0.397 e. The van der Waals surface area contributed by atoms with Crippen LogP contribution in [0, 0.1) is 0 Å². The molecule has 4 heterocycles. The maximum absolute atomic E-state index is 12.3. The first-order valence-corrected chi connectivity index (χ1v) is 9.31. The number of fused-ring (bicyclic) bond motifs is 1. The van der Waals surface area contributed by atoms with Crippen molar-refractivity contribution in [2.75, 3.05) is 31.3 Å². The van der Waals surface area contributed by atoms with Crippen molar-refractivity contribution >= 4 is 39.0 Å². The zero-order valence-corrected chi connectivity index (χ0v) is 15.5. The maximum atomic E-state index is 12.3. The molecule has 1 amide bonds. The van der Waals surface area contributed by atoms with Crippen molar-refractivity contribution in [3.63, 3.8) is 0 Å². The minimum Gasteiger partial charge on any atom is -0.397 e. The van der Waals surface area contributed by atoms with E-state index in [1.165, 1.54) is 16.2 Å². The van der Waals surface area contributed by atoms with Gasteiger partial charge < -0.3 is 15.5 Å². The average Bonchev–Trinajstić information content (AvgIpc) is 3.26. The summed E-state index contributed by atoms with van der Waals surface area (Å²) in [5.74, 6) is 0.828. The molecule has 0 aliphatic carbocycles. The molecule has 0 spiro atoms. The van der Waals surface area contributed by atoms with Crippen LogP contribution in [0.15, 0.2) is 30.7 Å².